The lowest BCUT2D eigenvalue weighted by Crippen LogP contribution is -2.27. The van der Waals surface area contributed by atoms with Crippen LogP contribution < -0.4 is 0 Å². The van der Waals surface area contributed by atoms with Gasteiger partial charge in [0.1, 0.15) is 0 Å². The summed E-state index contributed by atoms with van der Waals surface area (Å²) < 4.78 is 38.3. The maximum absolute atomic E-state index is 12.8. The highest BCUT2D eigenvalue weighted by molar-refractivity contribution is 5.92. The van der Waals surface area contributed by atoms with Crippen molar-refractivity contribution in [3.63, 3.8) is 0 Å². The van der Waals surface area contributed by atoms with Crippen molar-refractivity contribution >= 4 is 12.0 Å². The van der Waals surface area contributed by atoms with Crippen LogP contribution in [0.2, 0.25) is 0 Å². The first-order chi connectivity index (χ1) is 9.79. The Balaban J connectivity index is 2.14. The van der Waals surface area contributed by atoms with Gasteiger partial charge in [-0.3, -0.25) is 4.79 Å². The number of β-amino-alcohol motifs (C(OH)–C–C–N with tert-alkyl or cyclic N) is 2. The van der Waals surface area contributed by atoms with E-state index in [1.807, 2.05) is 0 Å². The topological polar surface area (TPSA) is 60.8 Å². The molecule has 0 aromatic heterocycles. The molecule has 0 bridgehead atoms. The van der Waals surface area contributed by atoms with Crippen LogP contribution in [-0.4, -0.2) is 46.3 Å². The summed E-state index contributed by atoms with van der Waals surface area (Å²) in [6.07, 6.45) is -4.45. The second-order valence-electron chi connectivity index (χ2n) is 4.80. The van der Waals surface area contributed by atoms with Crippen molar-refractivity contribution in [2.75, 3.05) is 13.1 Å². The highest BCUT2D eigenvalue weighted by Crippen LogP contribution is 2.32. The lowest BCUT2D eigenvalue weighted by Gasteiger charge is -2.13. The number of carbonyl (C=O) groups excluding carboxylic acids is 1. The van der Waals surface area contributed by atoms with Crippen molar-refractivity contribution in [2.24, 2.45) is 0 Å². The van der Waals surface area contributed by atoms with Crippen molar-refractivity contribution in [3.05, 3.63) is 41.5 Å². The Morgan fingerprint density at radius 3 is 2.33 bits per heavy atom. The fraction of sp³-hybridized carbons (Fsp3) is 0.357. The van der Waals surface area contributed by atoms with Crippen LogP contribution in [-0.2, 0) is 11.0 Å². The minimum atomic E-state index is -4.50. The van der Waals surface area contributed by atoms with Crippen LogP contribution in [0.15, 0.2) is 30.3 Å². The third-order valence-corrected chi connectivity index (χ3v) is 3.24. The highest BCUT2D eigenvalue weighted by Gasteiger charge is 2.33. The number of aliphatic hydroxyl groups excluding tert-OH is 2. The molecule has 1 amide bonds. The Bertz CT molecular complexity index is 547. The molecule has 1 saturated heterocycles. The van der Waals surface area contributed by atoms with Crippen molar-refractivity contribution in [1.82, 2.24) is 4.90 Å². The maximum Gasteiger partial charge on any atom is 0.416 e. The predicted molar refractivity (Wildman–Crippen MR) is 69.1 cm³/mol. The first-order valence-corrected chi connectivity index (χ1v) is 6.28. The molecule has 0 saturated carbocycles. The number of alkyl halides is 3. The molecular formula is C14H14F3NO3. The van der Waals surface area contributed by atoms with Crippen LogP contribution in [0.5, 0.6) is 0 Å². The zero-order chi connectivity index (χ0) is 15.6. The molecule has 1 heterocycles. The fourth-order valence-electron chi connectivity index (χ4n) is 2.12. The number of benzene rings is 1. The van der Waals surface area contributed by atoms with Crippen molar-refractivity contribution in [3.8, 4) is 0 Å². The second kappa shape index (κ2) is 5.87. The molecular weight excluding hydrogens is 287 g/mol. The Morgan fingerprint density at radius 1 is 1.19 bits per heavy atom. The van der Waals surface area contributed by atoms with Gasteiger partial charge in [0.15, 0.2) is 0 Å². The third-order valence-electron chi connectivity index (χ3n) is 3.24. The second-order valence-corrected chi connectivity index (χ2v) is 4.80. The van der Waals surface area contributed by atoms with Gasteiger partial charge in [-0.25, -0.2) is 0 Å². The molecule has 1 aliphatic rings. The molecule has 1 fully saturated rings. The standard InChI is InChI=1S/C14H14F3NO3/c15-14(16,17)10-4-2-1-3-9(10)5-6-13(21)18-7-11(19)12(20)8-18/h1-6,11-12,19-20H,7-8H2/b6-5+/t11-,12-/m1/s1. The van der Waals surface area contributed by atoms with Gasteiger partial charge in [0.25, 0.3) is 0 Å². The van der Waals surface area contributed by atoms with Gasteiger partial charge in [-0.05, 0) is 17.7 Å². The molecule has 1 aliphatic heterocycles. The normalized spacial score (nSPS) is 23.0. The smallest absolute Gasteiger partial charge is 0.388 e. The van der Waals surface area contributed by atoms with Crippen LogP contribution >= 0.6 is 0 Å². The van der Waals surface area contributed by atoms with E-state index in [4.69, 9.17) is 0 Å². The summed E-state index contributed by atoms with van der Waals surface area (Å²) >= 11 is 0. The van der Waals surface area contributed by atoms with E-state index >= 15 is 0 Å². The van der Waals surface area contributed by atoms with E-state index < -0.39 is 29.9 Å². The lowest BCUT2D eigenvalue weighted by molar-refractivity contribution is -0.137. The zero-order valence-corrected chi connectivity index (χ0v) is 10.9. The van der Waals surface area contributed by atoms with Crippen LogP contribution in [0.4, 0.5) is 13.2 Å². The number of nitrogens with zero attached hydrogens (tertiary/aromatic N) is 1. The summed E-state index contributed by atoms with van der Waals surface area (Å²) in [5, 5.41) is 18.7. The van der Waals surface area contributed by atoms with Gasteiger partial charge in [-0.1, -0.05) is 18.2 Å². The van der Waals surface area contributed by atoms with Crippen molar-refractivity contribution in [1.29, 1.82) is 0 Å². The molecule has 0 spiro atoms. The van der Waals surface area contributed by atoms with Gasteiger partial charge in [-0.2, -0.15) is 13.2 Å². The molecule has 2 atom stereocenters. The van der Waals surface area contributed by atoms with E-state index in [2.05, 4.69) is 0 Å². The van der Waals surface area contributed by atoms with Gasteiger partial charge in [0, 0.05) is 19.2 Å². The molecule has 21 heavy (non-hydrogen) atoms. The summed E-state index contributed by atoms with van der Waals surface area (Å²) in [7, 11) is 0. The first-order valence-electron chi connectivity index (χ1n) is 6.28. The molecule has 114 valence electrons. The number of rotatable bonds is 2. The molecule has 0 radical (unpaired) electrons. The highest BCUT2D eigenvalue weighted by atomic mass is 19.4. The molecule has 0 aliphatic carbocycles. The minimum absolute atomic E-state index is 0.0365. The summed E-state index contributed by atoms with van der Waals surface area (Å²) in [5.41, 5.74) is -0.936. The summed E-state index contributed by atoms with van der Waals surface area (Å²) in [4.78, 5) is 13.0. The van der Waals surface area contributed by atoms with Gasteiger partial charge >= 0.3 is 6.18 Å². The number of likely N-dealkylation sites (tertiary alicyclic amines) is 1. The lowest BCUT2D eigenvalue weighted by atomic mass is 10.1. The Morgan fingerprint density at radius 2 is 1.76 bits per heavy atom. The van der Waals surface area contributed by atoms with Gasteiger partial charge in [0.2, 0.25) is 5.91 Å². The number of hydrogen-bond donors (Lipinski definition) is 2. The minimum Gasteiger partial charge on any atom is -0.388 e. The van der Waals surface area contributed by atoms with Crippen molar-refractivity contribution < 1.29 is 28.2 Å². The number of aliphatic hydroxyl groups is 2. The van der Waals surface area contributed by atoms with E-state index in [0.29, 0.717) is 0 Å². The molecule has 1 aromatic rings. The molecule has 2 rings (SSSR count). The summed E-state index contributed by atoms with van der Waals surface area (Å²) in [6, 6.07) is 4.92. The van der Waals surface area contributed by atoms with Crippen LogP contribution in [0.1, 0.15) is 11.1 Å². The average Bonchev–Trinajstić information content (AvgIpc) is 2.75. The van der Waals surface area contributed by atoms with E-state index in [-0.39, 0.29) is 18.7 Å². The van der Waals surface area contributed by atoms with E-state index in [9.17, 15) is 28.2 Å². The Hall–Kier alpha value is -1.86. The SMILES string of the molecule is O=C(/C=C/c1ccccc1C(F)(F)F)N1C[C@@H](O)[C@H](O)C1. The van der Waals surface area contributed by atoms with E-state index in [1.165, 1.54) is 23.1 Å². The largest absolute Gasteiger partial charge is 0.416 e. The van der Waals surface area contributed by atoms with Gasteiger partial charge in [0.05, 0.1) is 17.8 Å². The summed E-state index contributed by atoms with van der Waals surface area (Å²) in [5.74, 6) is -0.553. The van der Waals surface area contributed by atoms with Crippen LogP contribution in [0, 0.1) is 0 Å². The molecule has 2 N–H and O–H groups in total. The van der Waals surface area contributed by atoms with Crippen LogP contribution in [0.3, 0.4) is 0 Å². The number of hydrogen-bond acceptors (Lipinski definition) is 3. The number of amides is 1. The van der Waals surface area contributed by atoms with E-state index in [1.54, 1.807) is 0 Å². The zero-order valence-electron chi connectivity index (χ0n) is 10.9. The van der Waals surface area contributed by atoms with Crippen molar-refractivity contribution in [2.45, 2.75) is 18.4 Å². The molecule has 0 unspecified atom stereocenters. The van der Waals surface area contributed by atoms with Gasteiger partial charge in [-0.15, -0.1) is 0 Å². The number of carbonyl (C=O) groups is 1. The maximum atomic E-state index is 12.8. The van der Waals surface area contributed by atoms with E-state index in [0.717, 1.165) is 18.2 Å². The monoisotopic (exact) mass is 301 g/mol. The fourth-order valence-corrected chi connectivity index (χ4v) is 2.12. The number of halogens is 3. The molecule has 1 aromatic carbocycles. The Labute approximate surface area is 119 Å². The molecule has 4 nitrogen and oxygen atoms in total. The molecule has 7 heteroatoms. The first kappa shape index (κ1) is 15.5. The average molecular weight is 301 g/mol. The van der Waals surface area contributed by atoms with Crippen LogP contribution in [0.25, 0.3) is 6.08 Å². The van der Waals surface area contributed by atoms with Gasteiger partial charge < -0.3 is 15.1 Å². The Kier molecular flexibility index (Phi) is 4.34. The predicted octanol–water partition coefficient (Wildman–Crippen LogP) is 1.28. The summed E-state index contributed by atoms with van der Waals surface area (Å²) in [6.45, 7) is -0.0729. The third kappa shape index (κ3) is 3.62. The quantitative estimate of drug-likeness (QED) is 0.809.